The molecule has 1 aromatic carbocycles. The van der Waals surface area contributed by atoms with Gasteiger partial charge in [-0.25, -0.2) is 4.79 Å². The second-order valence-corrected chi connectivity index (χ2v) is 3.13. The molecule has 1 rings (SSSR count). The summed E-state index contributed by atoms with van der Waals surface area (Å²) in [5, 5.41) is 8.47. The Morgan fingerprint density at radius 3 is 2.80 bits per heavy atom. The van der Waals surface area contributed by atoms with Gasteiger partial charge in [-0.2, -0.15) is 0 Å². The summed E-state index contributed by atoms with van der Waals surface area (Å²) in [6.45, 7) is 4.49. The van der Waals surface area contributed by atoms with Crippen molar-refractivity contribution in [3.63, 3.8) is 0 Å². The van der Waals surface area contributed by atoms with Crippen molar-refractivity contribution >= 4 is 12.0 Å². The maximum Gasteiger partial charge on any atom is 0.328 e. The summed E-state index contributed by atoms with van der Waals surface area (Å²) in [5.41, 5.74) is 1.86. The number of carbonyl (C=O) groups is 1. The Kier molecular flexibility index (Phi) is 3.92. The van der Waals surface area contributed by atoms with Gasteiger partial charge in [0.2, 0.25) is 0 Å². The van der Waals surface area contributed by atoms with Gasteiger partial charge in [0, 0.05) is 6.08 Å². The zero-order valence-electron chi connectivity index (χ0n) is 8.86. The lowest BCUT2D eigenvalue weighted by atomic mass is 10.1. The van der Waals surface area contributed by atoms with Crippen LogP contribution in [0.25, 0.3) is 6.08 Å². The maximum atomic E-state index is 10.3. The molecule has 0 aliphatic rings. The molecule has 15 heavy (non-hydrogen) atoms. The van der Waals surface area contributed by atoms with E-state index in [0.717, 1.165) is 23.0 Å². The van der Waals surface area contributed by atoms with Crippen molar-refractivity contribution in [3.05, 3.63) is 35.4 Å². The summed E-state index contributed by atoms with van der Waals surface area (Å²) in [6, 6.07) is 5.57. The Morgan fingerprint density at radius 2 is 2.27 bits per heavy atom. The van der Waals surface area contributed by atoms with Crippen LogP contribution in [0.15, 0.2) is 24.3 Å². The molecular formula is C12H14O3. The Balaban J connectivity index is 2.86. The summed E-state index contributed by atoms with van der Waals surface area (Å²) in [6.07, 6.45) is 2.68. The van der Waals surface area contributed by atoms with Gasteiger partial charge in [0.15, 0.2) is 0 Å². The van der Waals surface area contributed by atoms with Gasteiger partial charge in [-0.1, -0.05) is 6.07 Å². The van der Waals surface area contributed by atoms with Crippen molar-refractivity contribution in [3.8, 4) is 5.75 Å². The fourth-order valence-corrected chi connectivity index (χ4v) is 1.26. The van der Waals surface area contributed by atoms with E-state index in [-0.39, 0.29) is 0 Å². The molecule has 0 aromatic heterocycles. The Morgan fingerprint density at radius 1 is 1.53 bits per heavy atom. The lowest BCUT2D eigenvalue weighted by Crippen LogP contribution is -1.94. The lowest BCUT2D eigenvalue weighted by molar-refractivity contribution is -0.131. The second-order valence-electron chi connectivity index (χ2n) is 3.13. The minimum Gasteiger partial charge on any atom is -0.494 e. The molecule has 0 amide bonds. The first-order valence-corrected chi connectivity index (χ1v) is 4.78. The smallest absolute Gasteiger partial charge is 0.328 e. The Bertz CT molecular complexity index is 380. The highest BCUT2D eigenvalue weighted by Gasteiger charge is 1.98. The molecule has 0 heterocycles. The average Bonchev–Trinajstić information content (AvgIpc) is 2.19. The number of hydrogen-bond acceptors (Lipinski definition) is 2. The summed E-state index contributed by atoms with van der Waals surface area (Å²) in [7, 11) is 0. The standard InChI is InChI=1S/C12H14O3/c1-3-15-11-6-4-10(8-9(11)2)5-7-12(13)14/h4-8H,3H2,1-2H3,(H,13,14). The first kappa shape index (κ1) is 11.3. The quantitative estimate of drug-likeness (QED) is 0.770. The molecule has 0 saturated heterocycles. The minimum atomic E-state index is -0.943. The molecule has 0 spiro atoms. The topological polar surface area (TPSA) is 46.5 Å². The van der Waals surface area contributed by atoms with Gasteiger partial charge in [-0.3, -0.25) is 0 Å². The van der Waals surface area contributed by atoms with Crippen LogP contribution in [0.3, 0.4) is 0 Å². The van der Waals surface area contributed by atoms with Gasteiger partial charge < -0.3 is 9.84 Å². The third-order valence-electron chi connectivity index (χ3n) is 1.92. The Hall–Kier alpha value is -1.77. The van der Waals surface area contributed by atoms with Gasteiger partial charge >= 0.3 is 5.97 Å². The van der Waals surface area contributed by atoms with Crippen molar-refractivity contribution < 1.29 is 14.6 Å². The fraction of sp³-hybridized carbons (Fsp3) is 0.250. The number of aliphatic carboxylic acids is 1. The molecule has 1 N–H and O–H groups in total. The molecule has 1 aromatic rings. The molecule has 0 aliphatic heterocycles. The van der Waals surface area contributed by atoms with E-state index in [2.05, 4.69) is 0 Å². The van der Waals surface area contributed by atoms with Crippen LogP contribution in [0, 0.1) is 6.92 Å². The lowest BCUT2D eigenvalue weighted by Gasteiger charge is -2.06. The molecule has 0 unspecified atom stereocenters. The average molecular weight is 206 g/mol. The number of ether oxygens (including phenoxy) is 1. The predicted molar refractivity (Wildman–Crippen MR) is 59.0 cm³/mol. The normalized spacial score (nSPS) is 10.5. The van der Waals surface area contributed by atoms with Crippen LogP contribution in [-0.4, -0.2) is 17.7 Å². The number of benzene rings is 1. The van der Waals surface area contributed by atoms with Gasteiger partial charge in [0.1, 0.15) is 5.75 Å². The number of hydrogen-bond donors (Lipinski definition) is 1. The molecule has 80 valence electrons. The van der Waals surface area contributed by atoms with Crippen LogP contribution in [0.5, 0.6) is 5.75 Å². The van der Waals surface area contributed by atoms with E-state index in [1.54, 1.807) is 6.08 Å². The molecular weight excluding hydrogens is 192 g/mol. The van der Waals surface area contributed by atoms with Crippen molar-refractivity contribution in [2.75, 3.05) is 6.61 Å². The molecule has 0 atom stereocenters. The van der Waals surface area contributed by atoms with Crippen molar-refractivity contribution in [2.45, 2.75) is 13.8 Å². The van der Waals surface area contributed by atoms with Crippen molar-refractivity contribution in [1.29, 1.82) is 0 Å². The molecule has 3 nitrogen and oxygen atoms in total. The van der Waals surface area contributed by atoms with Crippen LogP contribution >= 0.6 is 0 Å². The second kappa shape index (κ2) is 5.20. The van der Waals surface area contributed by atoms with Gasteiger partial charge in [-0.05, 0) is 43.2 Å². The molecule has 0 bridgehead atoms. The third-order valence-corrected chi connectivity index (χ3v) is 1.92. The fourth-order valence-electron chi connectivity index (χ4n) is 1.26. The van der Waals surface area contributed by atoms with Gasteiger partial charge in [-0.15, -0.1) is 0 Å². The van der Waals surface area contributed by atoms with Gasteiger partial charge in [0.05, 0.1) is 6.61 Å². The molecule has 3 heteroatoms. The first-order chi connectivity index (χ1) is 7.13. The van der Waals surface area contributed by atoms with E-state index in [1.165, 1.54) is 0 Å². The summed E-state index contributed by atoms with van der Waals surface area (Å²) in [5.74, 6) is -0.105. The van der Waals surface area contributed by atoms with Crippen LogP contribution in [0.2, 0.25) is 0 Å². The van der Waals surface area contributed by atoms with Crippen LogP contribution in [0.1, 0.15) is 18.1 Å². The number of carboxylic acid groups (broad SMARTS) is 1. The van der Waals surface area contributed by atoms with Crippen molar-refractivity contribution in [1.82, 2.24) is 0 Å². The first-order valence-electron chi connectivity index (χ1n) is 4.78. The number of carboxylic acids is 1. The molecule has 0 saturated carbocycles. The predicted octanol–water partition coefficient (Wildman–Crippen LogP) is 2.49. The van der Waals surface area contributed by atoms with E-state index < -0.39 is 5.97 Å². The van der Waals surface area contributed by atoms with E-state index in [0.29, 0.717) is 6.61 Å². The molecule has 0 aliphatic carbocycles. The monoisotopic (exact) mass is 206 g/mol. The number of rotatable bonds is 4. The van der Waals surface area contributed by atoms with E-state index in [9.17, 15) is 4.79 Å². The SMILES string of the molecule is CCOc1ccc(C=CC(=O)O)cc1C. The highest BCUT2D eigenvalue weighted by atomic mass is 16.5. The van der Waals surface area contributed by atoms with Crippen LogP contribution in [0.4, 0.5) is 0 Å². The van der Waals surface area contributed by atoms with Gasteiger partial charge in [0.25, 0.3) is 0 Å². The highest BCUT2D eigenvalue weighted by molar-refractivity contribution is 5.85. The highest BCUT2D eigenvalue weighted by Crippen LogP contribution is 2.19. The van der Waals surface area contributed by atoms with E-state index >= 15 is 0 Å². The van der Waals surface area contributed by atoms with Crippen LogP contribution < -0.4 is 4.74 Å². The molecule has 0 fully saturated rings. The van der Waals surface area contributed by atoms with Crippen LogP contribution in [-0.2, 0) is 4.79 Å². The minimum absolute atomic E-state index is 0.630. The zero-order valence-corrected chi connectivity index (χ0v) is 8.86. The summed E-state index contributed by atoms with van der Waals surface area (Å²) in [4.78, 5) is 10.3. The zero-order chi connectivity index (χ0) is 11.3. The number of aryl methyl sites for hydroxylation is 1. The Labute approximate surface area is 89.0 Å². The van der Waals surface area contributed by atoms with E-state index in [1.807, 2.05) is 32.0 Å². The maximum absolute atomic E-state index is 10.3. The summed E-state index contributed by atoms with van der Waals surface area (Å²) < 4.78 is 5.38. The van der Waals surface area contributed by atoms with E-state index in [4.69, 9.17) is 9.84 Å². The molecule has 0 radical (unpaired) electrons. The van der Waals surface area contributed by atoms with Crippen molar-refractivity contribution in [2.24, 2.45) is 0 Å². The third kappa shape index (κ3) is 3.46. The summed E-state index contributed by atoms with van der Waals surface area (Å²) >= 11 is 0. The largest absolute Gasteiger partial charge is 0.494 e.